The molecular formula is C11H18F6S6. The second kappa shape index (κ2) is 11.4. The van der Waals surface area contributed by atoms with E-state index in [2.05, 4.69) is 0 Å². The minimum Gasteiger partial charge on any atom is -0.198 e. The molecule has 0 saturated heterocycles. The summed E-state index contributed by atoms with van der Waals surface area (Å²) in [6.45, 7) is 3.39. The number of rotatable bonds is 12. The highest BCUT2D eigenvalue weighted by Crippen LogP contribution is 2.68. The molecule has 0 aromatic heterocycles. The van der Waals surface area contributed by atoms with Crippen molar-refractivity contribution < 1.29 is 25.8 Å². The summed E-state index contributed by atoms with van der Waals surface area (Å²) in [6, 6.07) is 0. The molecule has 0 N–H and O–H groups in total. The summed E-state index contributed by atoms with van der Waals surface area (Å²) in [7, 11) is 0. The lowest BCUT2D eigenvalue weighted by atomic mass is 10.5. The third-order valence-corrected chi connectivity index (χ3v) is 11.4. The van der Waals surface area contributed by atoms with Crippen LogP contribution in [0.2, 0.25) is 0 Å². The molecule has 0 radical (unpaired) electrons. The molecule has 0 spiro atoms. The first-order valence-electron chi connectivity index (χ1n) is 6.41. The molecule has 0 rings (SSSR count). The van der Waals surface area contributed by atoms with E-state index < -0.39 is 30.5 Å². The van der Waals surface area contributed by atoms with E-state index in [4.69, 9.17) is 0 Å². The van der Waals surface area contributed by atoms with Crippen molar-refractivity contribution in [3.8, 4) is 0 Å². The summed E-state index contributed by atoms with van der Waals surface area (Å²) >= 11 is 2.01. The van der Waals surface area contributed by atoms with E-state index in [1.165, 1.54) is 0 Å². The van der Waals surface area contributed by atoms with Crippen molar-refractivity contribution in [2.24, 2.45) is 0 Å². The Kier molecular flexibility index (Phi) is 12.2. The lowest BCUT2D eigenvalue weighted by Gasteiger charge is -2.45. The quantitative estimate of drug-likeness (QED) is 0.220. The summed E-state index contributed by atoms with van der Waals surface area (Å²) in [5.41, 5.74) is -4.74. The Morgan fingerprint density at radius 1 is 1.04 bits per heavy atom. The molecule has 0 bridgehead atoms. The highest BCUT2D eigenvalue weighted by Gasteiger charge is 2.61. The lowest BCUT2D eigenvalue weighted by Crippen LogP contribution is -2.46. The minimum absolute atomic E-state index is 0.00532. The minimum atomic E-state index is -4.74. The standard InChI is InChI=1S/C11H18F6S6/c1-4-6-20-9(23-17,7-18-3)10(19-5-2,21-8(12)13)22-11(14,15)16/h8H,4-7H2,1-3H3. The smallest absolute Gasteiger partial charge is 0.198 e. The van der Waals surface area contributed by atoms with Gasteiger partial charge in [-0.15, -0.1) is 23.5 Å². The maximum atomic E-state index is 13.9. The monoisotopic (exact) mass is 456 g/mol. The van der Waals surface area contributed by atoms with Crippen LogP contribution < -0.4 is 0 Å². The van der Waals surface area contributed by atoms with Crippen molar-refractivity contribution in [2.75, 3.05) is 23.5 Å². The molecule has 0 aliphatic heterocycles. The largest absolute Gasteiger partial charge is 0.444 e. The molecule has 140 valence electrons. The van der Waals surface area contributed by atoms with Gasteiger partial charge in [0.25, 0.3) is 5.76 Å². The van der Waals surface area contributed by atoms with Crippen LogP contribution >= 0.6 is 71.0 Å². The Balaban J connectivity index is 6.01. The van der Waals surface area contributed by atoms with Crippen molar-refractivity contribution in [3.05, 3.63) is 0 Å². The number of hydrogen-bond donors (Lipinski definition) is 0. The number of hydrogen-bond acceptors (Lipinski definition) is 6. The highest BCUT2D eigenvalue weighted by atomic mass is 32.3. The average Bonchev–Trinajstić information content (AvgIpc) is 2.41. The van der Waals surface area contributed by atoms with Crippen LogP contribution in [0.1, 0.15) is 20.3 Å². The molecule has 0 aromatic carbocycles. The van der Waals surface area contributed by atoms with Crippen LogP contribution in [0.15, 0.2) is 0 Å². The van der Waals surface area contributed by atoms with E-state index >= 15 is 0 Å². The Labute approximate surface area is 158 Å². The SMILES string of the molecule is CCCSC(CSC)(SF)C(SCC)(SC(F)F)SC(F)(F)F. The molecule has 0 aliphatic rings. The molecule has 0 fully saturated rings. The molecule has 0 heterocycles. The average molecular weight is 457 g/mol. The van der Waals surface area contributed by atoms with Crippen molar-refractivity contribution in [3.63, 3.8) is 0 Å². The van der Waals surface area contributed by atoms with Gasteiger partial charge in [-0.2, -0.15) is 37.6 Å². The van der Waals surface area contributed by atoms with Crippen LogP contribution in [0.5, 0.6) is 0 Å². The van der Waals surface area contributed by atoms with Crippen LogP contribution in [-0.2, 0) is 0 Å². The molecule has 0 saturated carbocycles. The Bertz CT molecular complexity index is 331. The molecule has 23 heavy (non-hydrogen) atoms. The van der Waals surface area contributed by atoms with Crippen LogP contribution in [0, 0.1) is 0 Å². The molecule has 0 aliphatic carbocycles. The van der Waals surface area contributed by atoms with Gasteiger partial charge in [-0.1, -0.05) is 25.6 Å². The second-order valence-corrected chi connectivity index (χ2v) is 12.1. The van der Waals surface area contributed by atoms with E-state index in [0.29, 0.717) is 12.2 Å². The van der Waals surface area contributed by atoms with Gasteiger partial charge < -0.3 is 0 Å². The molecular weight excluding hydrogens is 439 g/mol. The fourth-order valence-electron chi connectivity index (χ4n) is 1.59. The molecule has 0 amide bonds. The third-order valence-electron chi connectivity index (χ3n) is 2.29. The lowest BCUT2D eigenvalue weighted by molar-refractivity contribution is -0.0331. The zero-order valence-corrected chi connectivity index (χ0v) is 17.5. The Morgan fingerprint density at radius 2 is 1.65 bits per heavy atom. The summed E-state index contributed by atoms with van der Waals surface area (Å²) in [4.78, 5) is 0. The van der Waals surface area contributed by atoms with Crippen molar-refractivity contribution >= 4 is 71.0 Å². The van der Waals surface area contributed by atoms with Crippen LogP contribution in [0.25, 0.3) is 0 Å². The van der Waals surface area contributed by atoms with E-state index in [9.17, 15) is 25.8 Å². The van der Waals surface area contributed by atoms with Gasteiger partial charge in [0.2, 0.25) is 0 Å². The number of halogens is 6. The van der Waals surface area contributed by atoms with Crippen molar-refractivity contribution in [2.45, 2.75) is 39.0 Å². The number of thioether (sulfide) groups is 5. The molecule has 2 unspecified atom stereocenters. The summed E-state index contributed by atoms with van der Waals surface area (Å²) in [5, 5.41) is 0. The highest BCUT2D eigenvalue weighted by molar-refractivity contribution is 8.37. The summed E-state index contributed by atoms with van der Waals surface area (Å²) in [6.07, 6.45) is 2.24. The van der Waals surface area contributed by atoms with Gasteiger partial charge in [0.05, 0.1) is 12.1 Å². The molecule has 0 aromatic rings. The molecule has 12 heteroatoms. The van der Waals surface area contributed by atoms with E-state index in [1.807, 2.05) is 6.92 Å². The van der Waals surface area contributed by atoms with Gasteiger partial charge in [-0.05, 0) is 35.9 Å². The van der Waals surface area contributed by atoms with Gasteiger partial charge in [0.15, 0.2) is 0 Å². The Morgan fingerprint density at radius 3 is 2.00 bits per heavy atom. The molecule has 2 atom stereocenters. The van der Waals surface area contributed by atoms with Crippen LogP contribution in [0.4, 0.5) is 25.8 Å². The first-order chi connectivity index (χ1) is 10.6. The zero-order chi connectivity index (χ0) is 18.1. The first-order valence-corrected chi connectivity index (χ1v) is 12.2. The van der Waals surface area contributed by atoms with Gasteiger partial charge >= 0.3 is 5.51 Å². The van der Waals surface area contributed by atoms with Gasteiger partial charge in [0, 0.05) is 5.75 Å². The number of alkyl halides is 5. The predicted molar refractivity (Wildman–Crippen MR) is 101 cm³/mol. The van der Waals surface area contributed by atoms with Crippen LogP contribution in [-0.4, -0.2) is 42.3 Å². The predicted octanol–water partition coefficient (Wildman–Crippen LogP) is 7.42. The normalized spacial score (nSPS) is 18.0. The van der Waals surface area contributed by atoms with Gasteiger partial charge in [-0.25, -0.2) is 0 Å². The van der Waals surface area contributed by atoms with Crippen molar-refractivity contribution in [1.82, 2.24) is 0 Å². The topological polar surface area (TPSA) is 0 Å². The fraction of sp³-hybridized carbons (Fsp3) is 1.00. The first kappa shape index (κ1) is 24.7. The van der Waals surface area contributed by atoms with E-state index in [0.717, 1.165) is 35.3 Å². The summed E-state index contributed by atoms with van der Waals surface area (Å²) < 4.78 is 75.6. The maximum Gasteiger partial charge on any atom is 0.444 e. The van der Waals surface area contributed by atoms with E-state index in [-0.39, 0.29) is 35.4 Å². The third kappa shape index (κ3) is 7.84. The van der Waals surface area contributed by atoms with Crippen molar-refractivity contribution in [1.29, 1.82) is 0 Å². The Hall–Kier alpha value is 1.68. The van der Waals surface area contributed by atoms with Gasteiger partial charge in [-0.3, -0.25) is 0 Å². The fourth-order valence-corrected chi connectivity index (χ4v) is 10.7. The maximum absolute atomic E-state index is 13.9. The van der Waals surface area contributed by atoms with Gasteiger partial charge in [0.1, 0.15) is 7.49 Å². The molecule has 0 nitrogen and oxygen atoms in total. The second-order valence-electron chi connectivity index (χ2n) is 4.03. The van der Waals surface area contributed by atoms with E-state index in [1.54, 1.807) is 13.2 Å². The summed E-state index contributed by atoms with van der Waals surface area (Å²) in [5.74, 6) is -2.47. The van der Waals surface area contributed by atoms with Crippen LogP contribution in [0.3, 0.4) is 0 Å². The zero-order valence-electron chi connectivity index (χ0n) is 12.6.